The minimum absolute atomic E-state index is 0.0706. The third-order valence-electron chi connectivity index (χ3n) is 2.36. The van der Waals surface area contributed by atoms with Crippen LogP contribution in [-0.4, -0.2) is 32.0 Å². The average Bonchev–Trinajstić information content (AvgIpc) is 2.23. The number of sulfone groups is 1. The summed E-state index contributed by atoms with van der Waals surface area (Å²) in [6.45, 7) is 2.60. The Kier molecular flexibility index (Phi) is 5.02. The van der Waals surface area contributed by atoms with Crippen molar-refractivity contribution in [2.45, 2.75) is 19.4 Å². The van der Waals surface area contributed by atoms with Gasteiger partial charge in [0.15, 0.2) is 0 Å². The van der Waals surface area contributed by atoms with E-state index in [0.717, 1.165) is 6.20 Å². The molecular formula is C11H17FN2O2S. The summed E-state index contributed by atoms with van der Waals surface area (Å²) in [7, 11) is -3.01. The van der Waals surface area contributed by atoms with Gasteiger partial charge in [0.25, 0.3) is 0 Å². The lowest BCUT2D eigenvalue weighted by Gasteiger charge is -2.17. The summed E-state index contributed by atoms with van der Waals surface area (Å²) in [6.07, 6.45) is 4.29. The normalized spacial score (nSPS) is 13.6. The number of pyridine rings is 1. The minimum Gasteiger partial charge on any atom is -0.310 e. The molecule has 0 spiro atoms. The first-order valence-electron chi connectivity index (χ1n) is 5.44. The number of hydrogen-bond acceptors (Lipinski definition) is 4. The summed E-state index contributed by atoms with van der Waals surface area (Å²) < 4.78 is 35.3. The van der Waals surface area contributed by atoms with Crippen molar-refractivity contribution in [1.29, 1.82) is 0 Å². The van der Waals surface area contributed by atoms with Crippen LogP contribution in [0.5, 0.6) is 0 Å². The zero-order chi connectivity index (χ0) is 12.9. The number of nitrogens with zero attached hydrogens (tertiary/aromatic N) is 1. The van der Waals surface area contributed by atoms with Crippen molar-refractivity contribution in [3.05, 3.63) is 29.8 Å². The molecule has 1 rings (SSSR count). The van der Waals surface area contributed by atoms with Gasteiger partial charge in [0.05, 0.1) is 11.9 Å². The zero-order valence-electron chi connectivity index (χ0n) is 9.98. The minimum atomic E-state index is -3.01. The second-order valence-electron chi connectivity index (χ2n) is 3.97. The molecule has 0 amide bonds. The number of rotatable bonds is 6. The van der Waals surface area contributed by atoms with Crippen LogP contribution in [0.15, 0.2) is 18.5 Å². The molecule has 1 aromatic rings. The summed E-state index contributed by atoms with van der Waals surface area (Å²) >= 11 is 0. The predicted molar refractivity (Wildman–Crippen MR) is 64.9 cm³/mol. The Balaban J connectivity index is 2.78. The van der Waals surface area contributed by atoms with Gasteiger partial charge >= 0.3 is 0 Å². The van der Waals surface area contributed by atoms with E-state index in [2.05, 4.69) is 10.3 Å². The molecule has 0 bridgehead atoms. The van der Waals surface area contributed by atoms with Gasteiger partial charge in [-0.15, -0.1) is 0 Å². The Bertz CT molecular complexity index is 462. The molecule has 0 aliphatic rings. The van der Waals surface area contributed by atoms with Crippen LogP contribution in [-0.2, 0) is 9.84 Å². The molecule has 4 nitrogen and oxygen atoms in total. The highest BCUT2D eigenvalue weighted by molar-refractivity contribution is 7.90. The number of nitrogens with one attached hydrogen (secondary N) is 1. The van der Waals surface area contributed by atoms with Crippen LogP contribution >= 0.6 is 0 Å². The predicted octanol–water partition coefficient (Wildman–Crippen LogP) is 1.31. The van der Waals surface area contributed by atoms with Crippen molar-refractivity contribution in [2.75, 3.05) is 18.6 Å². The molecule has 0 aliphatic carbocycles. The van der Waals surface area contributed by atoms with Crippen molar-refractivity contribution < 1.29 is 12.8 Å². The highest BCUT2D eigenvalue weighted by Gasteiger charge is 2.14. The van der Waals surface area contributed by atoms with E-state index in [1.165, 1.54) is 12.3 Å². The topological polar surface area (TPSA) is 59.1 Å². The maximum Gasteiger partial charge on any atom is 0.147 e. The van der Waals surface area contributed by atoms with Gasteiger partial charge in [0, 0.05) is 18.5 Å². The zero-order valence-corrected chi connectivity index (χ0v) is 10.8. The van der Waals surface area contributed by atoms with Gasteiger partial charge in [-0.2, -0.15) is 0 Å². The van der Waals surface area contributed by atoms with Crippen molar-refractivity contribution in [1.82, 2.24) is 10.3 Å². The first kappa shape index (κ1) is 14.1. The van der Waals surface area contributed by atoms with Crippen LogP contribution in [0.4, 0.5) is 4.39 Å². The Morgan fingerprint density at radius 1 is 1.47 bits per heavy atom. The van der Waals surface area contributed by atoms with Crippen LogP contribution in [0, 0.1) is 5.82 Å². The van der Waals surface area contributed by atoms with E-state index in [0.29, 0.717) is 18.5 Å². The monoisotopic (exact) mass is 260 g/mol. The molecule has 0 aromatic carbocycles. The summed E-state index contributed by atoms with van der Waals surface area (Å²) in [6, 6.07) is 1.20. The van der Waals surface area contributed by atoms with Crippen LogP contribution in [0.2, 0.25) is 0 Å². The number of aromatic nitrogens is 1. The fraction of sp³-hybridized carbons (Fsp3) is 0.545. The molecule has 1 unspecified atom stereocenters. The quantitative estimate of drug-likeness (QED) is 0.837. The van der Waals surface area contributed by atoms with Gasteiger partial charge in [-0.05, 0) is 24.6 Å². The Morgan fingerprint density at radius 2 is 2.18 bits per heavy atom. The number of halogens is 1. The van der Waals surface area contributed by atoms with Gasteiger partial charge < -0.3 is 5.32 Å². The van der Waals surface area contributed by atoms with Gasteiger partial charge in [0.1, 0.15) is 15.7 Å². The van der Waals surface area contributed by atoms with Crippen LogP contribution in [0.25, 0.3) is 0 Å². The number of hydrogen-bond donors (Lipinski definition) is 1. The first-order valence-corrected chi connectivity index (χ1v) is 7.50. The maximum atomic E-state index is 13.0. The van der Waals surface area contributed by atoms with Crippen molar-refractivity contribution in [3.63, 3.8) is 0 Å². The molecule has 0 saturated carbocycles. The van der Waals surface area contributed by atoms with Crippen LogP contribution in [0.1, 0.15) is 24.9 Å². The Hall–Kier alpha value is -1.01. The fourth-order valence-electron chi connectivity index (χ4n) is 1.58. The second-order valence-corrected chi connectivity index (χ2v) is 6.23. The molecular weight excluding hydrogens is 243 g/mol. The van der Waals surface area contributed by atoms with Gasteiger partial charge in [-0.3, -0.25) is 4.98 Å². The van der Waals surface area contributed by atoms with E-state index in [-0.39, 0.29) is 11.8 Å². The largest absolute Gasteiger partial charge is 0.310 e. The van der Waals surface area contributed by atoms with Gasteiger partial charge in [-0.25, -0.2) is 12.8 Å². The van der Waals surface area contributed by atoms with Crippen LogP contribution in [0.3, 0.4) is 0 Å². The summed E-state index contributed by atoms with van der Waals surface area (Å²) in [5.74, 6) is -0.342. The lowest BCUT2D eigenvalue weighted by atomic mass is 10.1. The molecule has 1 N–H and O–H groups in total. The molecule has 1 atom stereocenters. The first-order chi connectivity index (χ1) is 7.92. The van der Waals surface area contributed by atoms with Gasteiger partial charge in [0.2, 0.25) is 0 Å². The highest BCUT2D eigenvalue weighted by atomic mass is 32.2. The van der Waals surface area contributed by atoms with E-state index in [9.17, 15) is 12.8 Å². The van der Waals surface area contributed by atoms with Crippen molar-refractivity contribution in [2.24, 2.45) is 0 Å². The average molecular weight is 260 g/mol. The molecule has 0 fully saturated rings. The molecule has 0 saturated heterocycles. The van der Waals surface area contributed by atoms with Crippen molar-refractivity contribution in [3.8, 4) is 0 Å². The van der Waals surface area contributed by atoms with E-state index < -0.39 is 15.7 Å². The third kappa shape index (κ3) is 5.23. The second kappa shape index (κ2) is 6.07. The smallest absolute Gasteiger partial charge is 0.147 e. The lowest BCUT2D eigenvalue weighted by Crippen LogP contribution is -2.23. The Morgan fingerprint density at radius 3 is 2.71 bits per heavy atom. The van der Waals surface area contributed by atoms with E-state index in [1.54, 1.807) is 6.20 Å². The molecule has 0 aliphatic heterocycles. The van der Waals surface area contributed by atoms with E-state index in [4.69, 9.17) is 0 Å². The molecule has 1 heterocycles. The Labute approximate surface area is 101 Å². The summed E-state index contributed by atoms with van der Waals surface area (Å²) in [5.41, 5.74) is 0.676. The third-order valence-corrected chi connectivity index (χ3v) is 3.33. The molecule has 96 valence electrons. The molecule has 1 aromatic heterocycles. The van der Waals surface area contributed by atoms with E-state index in [1.807, 2.05) is 6.92 Å². The SMILES string of the molecule is CCNC(CCS(C)(=O)=O)c1cncc(F)c1. The van der Waals surface area contributed by atoms with Gasteiger partial charge in [-0.1, -0.05) is 6.92 Å². The van der Waals surface area contributed by atoms with E-state index >= 15 is 0 Å². The highest BCUT2D eigenvalue weighted by Crippen LogP contribution is 2.17. The molecule has 0 radical (unpaired) electrons. The molecule has 17 heavy (non-hydrogen) atoms. The summed E-state index contributed by atoms with van der Waals surface area (Å²) in [4.78, 5) is 3.77. The lowest BCUT2D eigenvalue weighted by molar-refractivity contribution is 0.522. The maximum absolute atomic E-state index is 13.0. The summed E-state index contributed by atoms with van der Waals surface area (Å²) in [5, 5.41) is 3.13. The van der Waals surface area contributed by atoms with Crippen LogP contribution < -0.4 is 5.32 Å². The van der Waals surface area contributed by atoms with Crippen molar-refractivity contribution >= 4 is 9.84 Å². The molecule has 6 heteroatoms. The fourth-order valence-corrected chi connectivity index (χ4v) is 2.25. The standard InChI is InChI=1S/C11H17FN2O2S/c1-3-14-11(4-5-17(2,15)16)9-6-10(12)8-13-7-9/h6-8,11,14H,3-5H2,1-2H3.